The van der Waals surface area contributed by atoms with Crippen molar-refractivity contribution in [3.05, 3.63) is 66.4 Å². The normalized spacial score (nSPS) is 23.8. The van der Waals surface area contributed by atoms with Gasteiger partial charge < -0.3 is 40.2 Å². The van der Waals surface area contributed by atoms with Crippen LogP contribution in [-0.4, -0.2) is 93.2 Å². The van der Waals surface area contributed by atoms with Gasteiger partial charge >= 0.3 is 0 Å². The summed E-state index contributed by atoms with van der Waals surface area (Å²) >= 11 is 0. The van der Waals surface area contributed by atoms with Crippen LogP contribution < -0.4 is 15.4 Å². The molecule has 1 saturated heterocycles. The van der Waals surface area contributed by atoms with Crippen LogP contribution in [0, 0.1) is 0 Å². The minimum Gasteiger partial charge on any atom is -0.497 e. The van der Waals surface area contributed by atoms with E-state index in [1.165, 1.54) is 11.6 Å². The summed E-state index contributed by atoms with van der Waals surface area (Å²) in [5.41, 5.74) is 2.47. The van der Waals surface area contributed by atoms with Gasteiger partial charge in [0, 0.05) is 25.6 Å². The lowest BCUT2D eigenvalue weighted by Crippen LogP contribution is -2.64. The lowest BCUT2D eigenvalue weighted by molar-refractivity contribution is -0.271. The quantitative estimate of drug-likeness (QED) is 0.212. The summed E-state index contributed by atoms with van der Waals surface area (Å²) in [6, 6.07) is 16.1. The fourth-order valence-corrected chi connectivity index (χ4v) is 4.34. The number of ether oxygens (including phenoxy) is 3. The second-order valence-electron chi connectivity index (χ2n) is 9.41. The van der Waals surface area contributed by atoms with Gasteiger partial charge in [0.1, 0.15) is 35.8 Å². The number of carbonyl (C=O) groups excluding carboxylic acids is 1. The van der Waals surface area contributed by atoms with Crippen molar-refractivity contribution < 1.29 is 34.3 Å². The highest BCUT2D eigenvalue weighted by Crippen LogP contribution is 2.25. The lowest BCUT2D eigenvalue weighted by Gasteiger charge is -2.42. The third kappa shape index (κ3) is 7.82. The number of amides is 1. The summed E-state index contributed by atoms with van der Waals surface area (Å²) in [5.74, 6) is 0.254. The molecule has 3 aromatic rings. The first-order chi connectivity index (χ1) is 18.8. The maximum atomic E-state index is 11.8. The lowest BCUT2D eigenvalue weighted by atomic mass is 9.96. The Hall–Kier alpha value is -3.39. The largest absolute Gasteiger partial charge is 0.497 e. The van der Waals surface area contributed by atoms with E-state index in [4.69, 9.17) is 14.2 Å². The number of methoxy groups -OCH3 is 1. The van der Waals surface area contributed by atoms with Crippen molar-refractivity contribution in [2.45, 2.75) is 56.8 Å². The van der Waals surface area contributed by atoms with Gasteiger partial charge in [0.05, 0.1) is 32.6 Å². The minimum atomic E-state index is -1.38. The van der Waals surface area contributed by atoms with Gasteiger partial charge in [-0.1, -0.05) is 47.7 Å². The van der Waals surface area contributed by atoms with Gasteiger partial charge in [-0.25, -0.2) is 4.68 Å². The van der Waals surface area contributed by atoms with Crippen molar-refractivity contribution in [1.29, 1.82) is 0 Å². The molecule has 1 unspecified atom stereocenters. The highest BCUT2D eigenvalue weighted by atomic mass is 16.7. The Kier molecular flexibility index (Phi) is 9.98. The van der Waals surface area contributed by atoms with E-state index in [1.54, 1.807) is 13.3 Å². The van der Waals surface area contributed by atoms with Crippen molar-refractivity contribution >= 4 is 5.91 Å². The van der Waals surface area contributed by atoms with E-state index in [1.807, 2.05) is 54.6 Å². The Balaban J connectivity index is 1.37. The molecule has 210 valence electrons. The van der Waals surface area contributed by atoms with Crippen LogP contribution in [0.3, 0.4) is 0 Å². The Labute approximate surface area is 226 Å². The van der Waals surface area contributed by atoms with E-state index in [9.17, 15) is 20.1 Å². The van der Waals surface area contributed by atoms with E-state index < -0.39 is 42.7 Å². The zero-order valence-corrected chi connectivity index (χ0v) is 21.9. The minimum absolute atomic E-state index is 0.0586. The number of aromatic nitrogens is 3. The average Bonchev–Trinajstić information content (AvgIpc) is 3.41. The number of rotatable bonds is 12. The first-order valence-electron chi connectivity index (χ1n) is 12.7. The van der Waals surface area contributed by atoms with Gasteiger partial charge in [-0.3, -0.25) is 4.79 Å². The van der Waals surface area contributed by atoms with Crippen LogP contribution in [0.25, 0.3) is 11.3 Å². The van der Waals surface area contributed by atoms with Crippen LogP contribution in [0.15, 0.2) is 60.8 Å². The molecule has 4 rings (SSSR count). The Bertz CT molecular complexity index is 1190. The third-order valence-corrected chi connectivity index (χ3v) is 6.35. The van der Waals surface area contributed by atoms with Gasteiger partial charge in [0.25, 0.3) is 0 Å². The summed E-state index contributed by atoms with van der Waals surface area (Å²) in [6.45, 7) is 2.06. The number of carbonyl (C=O) groups is 1. The number of aliphatic hydroxyl groups excluding tert-OH is 3. The first kappa shape index (κ1) is 28.6. The predicted molar refractivity (Wildman–Crippen MR) is 140 cm³/mol. The van der Waals surface area contributed by atoms with Crippen molar-refractivity contribution in [2.75, 3.05) is 20.3 Å². The van der Waals surface area contributed by atoms with Crippen LogP contribution in [-0.2, 0) is 27.4 Å². The Morgan fingerprint density at radius 3 is 2.69 bits per heavy atom. The molecule has 1 aliphatic heterocycles. The van der Waals surface area contributed by atoms with E-state index in [2.05, 4.69) is 20.9 Å². The molecule has 0 aliphatic carbocycles. The van der Waals surface area contributed by atoms with Crippen LogP contribution in [0.4, 0.5) is 0 Å². The highest BCUT2D eigenvalue weighted by molar-refractivity contribution is 5.73. The molecule has 1 amide bonds. The molecule has 12 nitrogen and oxygen atoms in total. The first-order valence-corrected chi connectivity index (χ1v) is 12.7. The SMILES string of the molecule is COc1cccc(-c2cn(C[C@H]3O[C@H](OCC(O)CNCc4ccccc4)[C@H](NC(C)=O)[C@@H](O)[C@H]3O)nn2)c1. The summed E-state index contributed by atoms with van der Waals surface area (Å²) in [4.78, 5) is 11.8. The van der Waals surface area contributed by atoms with E-state index in [0.29, 0.717) is 18.0 Å². The van der Waals surface area contributed by atoms with Crippen LogP contribution >= 0.6 is 0 Å². The van der Waals surface area contributed by atoms with Crippen LogP contribution in [0.5, 0.6) is 5.75 Å². The van der Waals surface area contributed by atoms with Gasteiger partial charge in [-0.15, -0.1) is 5.10 Å². The molecule has 39 heavy (non-hydrogen) atoms. The zero-order chi connectivity index (χ0) is 27.8. The average molecular weight is 542 g/mol. The summed E-state index contributed by atoms with van der Waals surface area (Å²) in [7, 11) is 1.58. The van der Waals surface area contributed by atoms with Gasteiger partial charge in [-0.2, -0.15) is 0 Å². The fourth-order valence-electron chi connectivity index (χ4n) is 4.34. The molecule has 2 heterocycles. The number of hydrogen-bond donors (Lipinski definition) is 5. The number of nitrogens with one attached hydrogen (secondary N) is 2. The monoisotopic (exact) mass is 541 g/mol. The van der Waals surface area contributed by atoms with Gasteiger partial charge in [0.15, 0.2) is 6.29 Å². The summed E-state index contributed by atoms with van der Waals surface area (Å²) < 4.78 is 18.5. The Morgan fingerprint density at radius 2 is 1.95 bits per heavy atom. The number of benzene rings is 2. The fraction of sp³-hybridized carbons (Fsp3) is 0.444. The van der Waals surface area contributed by atoms with E-state index in [-0.39, 0.29) is 19.7 Å². The topological polar surface area (TPSA) is 160 Å². The maximum Gasteiger partial charge on any atom is 0.217 e. The molecular weight excluding hydrogens is 506 g/mol. The van der Waals surface area contributed by atoms with Crippen LogP contribution in [0.2, 0.25) is 0 Å². The molecule has 5 N–H and O–H groups in total. The molecule has 0 saturated carbocycles. The molecule has 6 atom stereocenters. The van der Waals surface area contributed by atoms with E-state index >= 15 is 0 Å². The van der Waals surface area contributed by atoms with Gasteiger partial charge in [0.2, 0.25) is 5.91 Å². The summed E-state index contributed by atoms with van der Waals surface area (Å²) in [5, 5.41) is 46.1. The maximum absolute atomic E-state index is 11.8. The van der Waals surface area contributed by atoms with Gasteiger partial charge in [-0.05, 0) is 17.7 Å². The number of hydrogen-bond acceptors (Lipinski definition) is 10. The number of aliphatic hydroxyl groups is 3. The molecule has 0 radical (unpaired) electrons. The Morgan fingerprint density at radius 1 is 1.15 bits per heavy atom. The molecule has 1 fully saturated rings. The second kappa shape index (κ2) is 13.6. The second-order valence-corrected chi connectivity index (χ2v) is 9.41. The van der Waals surface area contributed by atoms with Crippen molar-refractivity contribution in [1.82, 2.24) is 25.6 Å². The molecule has 12 heteroatoms. The molecule has 1 aliphatic rings. The predicted octanol–water partition coefficient (Wildman–Crippen LogP) is 0.0724. The van der Waals surface area contributed by atoms with Crippen molar-refractivity contribution in [2.24, 2.45) is 0 Å². The number of nitrogens with zero attached hydrogens (tertiary/aromatic N) is 3. The smallest absolute Gasteiger partial charge is 0.217 e. The molecule has 2 aromatic carbocycles. The van der Waals surface area contributed by atoms with Crippen molar-refractivity contribution in [3.8, 4) is 17.0 Å². The van der Waals surface area contributed by atoms with Crippen molar-refractivity contribution in [3.63, 3.8) is 0 Å². The summed E-state index contributed by atoms with van der Waals surface area (Å²) in [6.07, 6.45) is -3.96. The van der Waals surface area contributed by atoms with E-state index in [0.717, 1.165) is 11.1 Å². The zero-order valence-electron chi connectivity index (χ0n) is 21.9. The molecule has 0 spiro atoms. The van der Waals surface area contributed by atoms with Crippen LogP contribution in [0.1, 0.15) is 12.5 Å². The molecule has 1 aromatic heterocycles. The molecule has 0 bridgehead atoms. The standard InChI is InChI=1S/C27H35N5O7/c1-17(33)29-24-26(36)25(35)23(15-32-14-22(30-31-32)19-9-6-10-21(11-19)37-2)39-27(24)38-16-20(34)13-28-12-18-7-4-3-5-8-18/h3-11,14,20,23-28,34-36H,12-13,15-16H2,1-2H3,(H,29,33)/t20?,23-,24-,25+,26-,27+/m1/s1. The molecular formula is C27H35N5O7. The third-order valence-electron chi connectivity index (χ3n) is 6.35. The highest BCUT2D eigenvalue weighted by Gasteiger charge is 2.46.